The van der Waals surface area contributed by atoms with Gasteiger partial charge in [-0.25, -0.2) is 4.98 Å². The second kappa shape index (κ2) is 6.78. The van der Waals surface area contributed by atoms with Gasteiger partial charge in [0.25, 0.3) is 5.91 Å². The third kappa shape index (κ3) is 3.40. The highest BCUT2D eigenvalue weighted by Crippen LogP contribution is 2.35. The van der Waals surface area contributed by atoms with E-state index < -0.39 is 0 Å². The van der Waals surface area contributed by atoms with E-state index >= 15 is 0 Å². The Morgan fingerprint density at radius 3 is 2.92 bits per heavy atom. The Morgan fingerprint density at radius 2 is 2.15 bits per heavy atom. The van der Waals surface area contributed by atoms with Gasteiger partial charge < -0.3 is 15.5 Å². The summed E-state index contributed by atoms with van der Waals surface area (Å²) in [6.45, 7) is 3.45. The normalized spacial score (nSPS) is 16.0. The summed E-state index contributed by atoms with van der Waals surface area (Å²) in [7, 11) is 0. The van der Waals surface area contributed by atoms with Gasteiger partial charge in [-0.3, -0.25) is 9.59 Å². The molecule has 2 N–H and O–H groups in total. The molecule has 0 radical (unpaired) electrons. The van der Waals surface area contributed by atoms with Crippen molar-refractivity contribution in [2.24, 2.45) is 5.92 Å². The average Bonchev–Trinajstić information content (AvgIpc) is 3.47. The number of pyridine rings is 1. The highest BCUT2D eigenvalue weighted by atomic mass is 16.2. The number of nitrogens with one attached hydrogen (secondary N) is 2. The van der Waals surface area contributed by atoms with Gasteiger partial charge in [0.05, 0.1) is 17.8 Å². The summed E-state index contributed by atoms with van der Waals surface area (Å²) in [5, 5.41) is 5.97. The van der Waals surface area contributed by atoms with E-state index in [1.54, 1.807) is 17.2 Å². The molecule has 0 bridgehead atoms. The van der Waals surface area contributed by atoms with Gasteiger partial charge in [-0.05, 0) is 42.9 Å². The van der Waals surface area contributed by atoms with Gasteiger partial charge in [0.15, 0.2) is 0 Å². The SMILES string of the molecule is Cc1ccccc1CNC(=O)c1cnc2c(c1)N(CC1CC1)C(=O)CN2. The number of amides is 2. The molecule has 0 unspecified atom stereocenters. The number of fused-ring (bicyclic) bond motifs is 1. The largest absolute Gasteiger partial charge is 0.359 e. The average molecular weight is 350 g/mol. The molecule has 0 spiro atoms. The van der Waals surface area contributed by atoms with Crippen molar-refractivity contribution in [3.05, 3.63) is 53.2 Å². The maximum atomic E-state index is 12.6. The monoisotopic (exact) mass is 350 g/mol. The molecule has 1 aromatic heterocycles. The maximum absolute atomic E-state index is 12.6. The number of carbonyl (C=O) groups is 2. The van der Waals surface area contributed by atoms with E-state index in [-0.39, 0.29) is 18.4 Å². The molecule has 0 saturated heterocycles. The molecule has 26 heavy (non-hydrogen) atoms. The molecule has 2 heterocycles. The Bertz CT molecular complexity index is 861. The predicted octanol–water partition coefficient (Wildman–Crippen LogP) is 2.49. The quantitative estimate of drug-likeness (QED) is 0.869. The van der Waals surface area contributed by atoms with Crippen molar-refractivity contribution in [3.63, 3.8) is 0 Å². The lowest BCUT2D eigenvalue weighted by Gasteiger charge is -2.29. The standard InChI is InChI=1S/C20H22N4O2/c1-13-4-2-3-5-15(13)9-23-20(26)16-8-17-19(21-10-16)22-11-18(25)24(17)12-14-6-7-14/h2-5,8,10,14H,6-7,9,11-12H2,1H3,(H,21,22)(H,23,26). The number of anilines is 2. The highest BCUT2D eigenvalue weighted by molar-refractivity contribution is 6.04. The Morgan fingerprint density at radius 1 is 1.35 bits per heavy atom. The summed E-state index contributed by atoms with van der Waals surface area (Å²) in [5.41, 5.74) is 3.40. The fourth-order valence-electron chi connectivity index (χ4n) is 3.15. The summed E-state index contributed by atoms with van der Waals surface area (Å²) in [5.74, 6) is 1.08. The van der Waals surface area contributed by atoms with E-state index in [0.29, 0.717) is 36.1 Å². The zero-order valence-electron chi connectivity index (χ0n) is 14.8. The lowest BCUT2D eigenvalue weighted by Crippen LogP contribution is -2.41. The fraction of sp³-hybridized carbons (Fsp3) is 0.350. The minimum atomic E-state index is -0.187. The van der Waals surface area contributed by atoms with E-state index in [9.17, 15) is 9.59 Å². The third-order valence-corrected chi connectivity index (χ3v) is 4.97. The Labute approximate surface area is 152 Å². The van der Waals surface area contributed by atoms with Crippen molar-refractivity contribution in [2.75, 3.05) is 23.3 Å². The molecule has 2 aromatic rings. The third-order valence-electron chi connectivity index (χ3n) is 4.97. The van der Waals surface area contributed by atoms with Gasteiger partial charge in [-0.1, -0.05) is 24.3 Å². The van der Waals surface area contributed by atoms with Crippen molar-refractivity contribution >= 4 is 23.3 Å². The van der Waals surface area contributed by atoms with Crippen molar-refractivity contribution in [1.82, 2.24) is 10.3 Å². The van der Waals surface area contributed by atoms with E-state index in [4.69, 9.17) is 0 Å². The van der Waals surface area contributed by atoms with E-state index in [2.05, 4.69) is 15.6 Å². The van der Waals surface area contributed by atoms with E-state index in [1.165, 1.54) is 0 Å². The molecular formula is C20H22N4O2. The molecular weight excluding hydrogens is 328 g/mol. The van der Waals surface area contributed by atoms with Crippen LogP contribution >= 0.6 is 0 Å². The number of nitrogens with zero attached hydrogens (tertiary/aromatic N) is 2. The second-order valence-corrected chi connectivity index (χ2v) is 7.00. The summed E-state index contributed by atoms with van der Waals surface area (Å²) in [6.07, 6.45) is 3.89. The van der Waals surface area contributed by atoms with Gasteiger partial charge in [0.2, 0.25) is 5.91 Å². The molecule has 134 valence electrons. The second-order valence-electron chi connectivity index (χ2n) is 7.00. The van der Waals surface area contributed by atoms with Crippen LogP contribution in [0.25, 0.3) is 0 Å². The lowest BCUT2D eigenvalue weighted by atomic mass is 10.1. The minimum Gasteiger partial charge on any atom is -0.359 e. The van der Waals surface area contributed by atoms with Crippen molar-refractivity contribution in [2.45, 2.75) is 26.3 Å². The van der Waals surface area contributed by atoms with Crippen LogP contribution in [0, 0.1) is 12.8 Å². The molecule has 2 amide bonds. The van der Waals surface area contributed by atoms with Crippen LogP contribution in [0.3, 0.4) is 0 Å². The predicted molar refractivity (Wildman–Crippen MR) is 100 cm³/mol. The zero-order chi connectivity index (χ0) is 18.1. The Balaban J connectivity index is 1.52. The summed E-state index contributed by atoms with van der Waals surface area (Å²) in [6, 6.07) is 9.73. The topological polar surface area (TPSA) is 74.3 Å². The molecule has 1 fully saturated rings. The first kappa shape index (κ1) is 16.6. The summed E-state index contributed by atoms with van der Waals surface area (Å²) >= 11 is 0. The molecule has 4 rings (SSSR count). The smallest absolute Gasteiger partial charge is 0.253 e. The maximum Gasteiger partial charge on any atom is 0.253 e. The minimum absolute atomic E-state index is 0.0312. The zero-order valence-corrected chi connectivity index (χ0v) is 14.8. The van der Waals surface area contributed by atoms with E-state index in [0.717, 1.165) is 24.0 Å². The van der Waals surface area contributed by atoms with Crippen LogP contribution < -0.4 is 15.5 Å². The van der Waals surface area contributed by atoms with Crippen LogP contribution in [-0.2, 0) is 11.3 Å². The number of aromatic nitrogens is 1. The van der Waals surface area contributed by atoms with Crippen LogP contribution in [0.2, 0.25) is 0 Å². The first-order valence-electron chi connectivity index (χ1n) is 8.99. The van der Waals surface area contributed by atoms with Crippen molar-refractivity contribution in [3.8, 4) is 0 Å². The van der Waals surface area contributed by atoms with Gasteiger partial charge >= 0.3 is 0 Å². The van der Waals surface area contributed by atoms with Gasteiger partial charge in [-0.2, -0.15) is 0 Å². The number of hydrogen-bond acceptors (Lipinski definition) is 4. The van der Waals surface area contributed by atoms with Gasteiger partial charge in [-0.15, -0.1) is 0 Å². The number of carbonyl (C=O) groups excluding carboxylic acids is 2. The van der Waals surface area contributed by atoms with Crippen LogP contribution in [0.1, 0.15) is 34.3 Å². The van der Waals surface area contributed by atoms with Crippen LogP contribution in [0.5, 0.6) is 0 Å². The highest BCUT2D eigenvalue weighted by Gasteiger charge is 2.32. The number of aryl methyl sites for hydroxylation is 1. The molecule has 1 aliphatic heterocycles. The Hall–Kier alpha value is -2.89. The summed E-state index contributed by atoms with van der Waals surface area (Å²) < 4.78 is 0. The molecule has 1 saturated carbocycles. The lowest BCUT2D eigenvalue weighted by molar-refractivity contribution is -0.117. The molecule has 1 aliphatic carbocycles. The molecule has 6 nitrogen and oxygen atoms in total. The molecule has 1 aromatic carbocycles. The fourth-order valence-corrected chi connectivity index (χ4v) is 3.15. The van der Waals surface area contributed by atoms with Gasteiger partial charge in [0.1, 0.15) is 5.82 Å². The van der Waals surface area contributed by atoms with Gasteiger partial charge in [0, 0.05) is 19.3 Å². The molecule has 0 atom stereocenters. The molecule has 2 aliphatic rings. The van der Waals surface area contributed by atoms with Crippen LogP contribution in [-0.4, -0.2) is 29.9 Å². The summed E-state index contributed by atoms with van der Waals surface area (Å²) in [4.78, 5) is 31.0. The van der Waals surface area contributed by atoms with E-state index in [1.807, 2.05) is 31.2 Å². The van der Waals surface area contributed by atoms with Crippen molar-refractivity contribution < 1.29 is 9.59 Å². The number of benzene rings is 1. The van der Waals surface area contributed by atoms with Crippen molar-refractivity contribution in [1.29, 1.82) is 0 Å². The molecule has 6 heteroatoms. The number of hydrogen-bond donors (Lipinski definition) is 2. The number of rotatable bonds is 5. The first-order valence-corrected chi connectivity index (χ1v) is 8.99. The van der Waals surface area contributed by atoms with Crippen LogP contribution in [0.4, 0.5) is 11.5 Å². The first-order chi connectivity index (χ1) is 12.6. The van der Waals surface area contributed by atoms with Crippen LogP contribution in [0.15, 0.2) is 36.5 Å². The Kier molecular flexibility index (Phi) is 4.32.